The van der Waals surface area contributed by atoms with E-state index in [4.69, 9.17) is 4.74 Å². The van der Waals surface area contributed by atoms with Crippen LogP contribution in [-0.4, -0.2) is 53.7 Å². The molecule has 1 N–H and O–H groups in total. The predicted octanol–water partition coefficient (Wildman–Crippen LogP) is 2.50. The SMILES string of the molecule is CC(=O)N1CCN(C(=O)CC(=O)Nc2ccc(Oc3ccccc3)cc2)CC1. The van der Waals surface area contributed by atoms with Gasteiger partial charge in [0.15, 0.2) is 0 Å². The maximum Gasteiger partial charge on any atom is 0.233 e. The van der Waals surface area contributed by atoms with Crippen molar-refractivity contribution >= 4 is 23.4 Å². The molecule has 1 fully saturated rings. The minimum absolute atomic E-state index is 0.00420. The highest BCUT2D eigenvalue weighted by molar-refractivity contribution is 6.03. The van der Waals surface area contributed by atoms with Crippen molar-refractivity contribution < 1.29 is 19.1 Å². The van der Waals surface area contributed by atoms with Crippen LogP contribution in [0.25, 0.3) is 0 Å². The van der Waals surface area contributed by atoms with E-state index in [2.05, 4.69) is 5.32 Å². The number of nitrogens with one attached hydrogen (secondary N) is 1. The largest absolute Gasteiger partial charge is 0.457 e. The number of anilines is 1. The predicted molar refractivity (Wildman–Crippen MR) is 105 cm³/mol. The molecule has 3 amide bonds. The molecule has 1 aliphatic heterocycles. The number of nitrogens with zero attached hydrogens (tertiary/aromatic N) is 2. The molecule has 3 rings (SSSR count). The molecule has 1 aliphatic rings. The summed E-state index contributed by atoms with van der Waals surface area (Å²) in [6.45, 7) is 3.44. The van der Waals surface area contributed by atoms with E-state index in [1.54, 1.807) is 34.1 Å². The van der Waals surface area contributed by atoms with Crippen LogP contribution < -0.4 is 10.1 Å². The van der Waals surface area contributed by atoms with Gasteiger partial charge >= 0.3 is 0 Å². The third-order valence-electron chi connectivity index (χ3n) is 4.51. The van der Waals surface area contributed by atoms with Crippen molar-refractivity contribution in [3.8, 4) is 11.5 Å². The molecule has 0 bridgehead atoms. The van der Waals surface area contributed by atoms with Gasteiger partial charge in [-0.3, -0.25) is 14.4 Å². The van der Waals surface area contributed by atoms with Crippen LogP contribution in [0.3, 0.4) is 0 Å². The molecule has 0 saturated carbocycles. The zero-order valence-electron chi connectivity index (χ0n) is 15.8. The van der Waals surface area contributed by atoms with E-state index >= 15 is 0 Å². The van der Waals surface area contributed by atoms with E-state index in [1.807, 2.05) is 30.3 Å². The second kappa shape index (κ2) is 9.03. The summed E-state index contributed by atoms with van der Waals surface area (Å²) < 4.78 is 5.71. The molecule has 0 spiro atoms. The zero-order chi connectivity index (χ0) is 19.9. The highest BCUT2D eigenvalue weighted by Gasteiger charge is 2.23. The number of hydrogen-bond donors (Lipinski definition) is 1. The molecule has 0 atom stereocenters. The van der Waals surface area contributed by atoms with Gasteiger partial charge in [0, 0.05) is 38.8 Å². The van der Waals surface area contributed by atoms with Crippen molar-refractivity contribution in [3.05, 3.63) is 54.6 Å². The lowest BCUT2D eigenvalue weighted by Crippen LogP contribution is -2.50. The summed E-state index contributed by atoms with van der Waals surface area (Å²) in [7, 11) is 0. The average molecular weight is 381 g/mol. The van der Waals surface area contributed by atoms with Crippen LogP contribution in [0.15, 0.2) is 54.6 Å². The standard InChI is InChI=1S/C21H23N3O4/c1-16(25)23-11-13-24(14-12-23)21(27)15-20(26)22-17-7-9-19(10-8-17)28-18-5-3-2-4-6-18/h2-10H,11-15H2,1H3,(H,22,26). The quantitative estimate of drug-likeness (QED) is 0.807. The summed E-state index contributed by atoms with van der Waals surface area (Å²) in [6, 6.07) is 16.4. The van der Waals surface area contributed by atoms with Crippen LogP contribution in [0.4, 0.5) is 5.69 Å². The van der Waals surface area contributed by atoms with E-state index in [0.717, 1.165) is 5.75 Å². The van der Waals surface area contributed by atoms with Crippen LogP contribution >= 0.6 is 0 Å². The first-order chi connectivity index (χ1) is 13.5. The Morgan fingerprint density at radius 3 is 2.04 bits per heavy atom. The molecule has 2 aromatic rings. The van der Waals surface area contributed by atoms with Crippen molar-refractivity contribution in [1.82, 2.24) is 9.80 Å². The maximum atomic E-state index is 12.3. The third kappa shape index (κ3) is 5.33. The second-order valence-corrected chi connectivity index (χ2v) is 6.55. The molecular weight excluding hydrogens is 358 g/mol. The van der Waals surface area contributed by atoms with Crippen LogP contribution in [-0.2, 0) is 14.4 Å². The van der Waals surface area contributed by atoms with E-state index in [0.29, 0.717) is 37.6 Å². The minimum atomic E-state index is -0.365. The lowest BCUT2D eigenvalue weighted by Gasteiger charge is -2.34. The van der Waals surface area contributed by atoms with E-state index in [9.17, 15) is 14.4 Å². The lowest BCUT2D eigenvalue weighted by molar-refractivity contribution is -0.140. The number of hydrogen-bond acceptors (Lipinski definition) is 4. The lowest BCUT2D eigenvalue weighted by atomic mass is 10.2. The summed E-state index contributed by atoms with van der Waals surface area (Å²) in [5, 5.41) is 2.72. The number of rotatable bonds is 5. The fourth-order valence-electron chi connectivity index (χ4n) is 2.96. The normalized spacial score (nSPS) is 13.8. The van der Waals surface area contributed by atoms with Gasteiger partial charge in [0.25, 0.3) is 0 Å². The molecule has 2 aromatic carbocycles. The highest BCUT2D eigenvalue weighted by Crippen LogP contribution is 2.22. The molecule has 28 heavy (non-hydrogen) atoms. The Hall–Kier alpha value is -3.35. The molecule has 0 aromatic heterocycles. The minimum Gasteiger partial charge on any atom is -0.457 e. The van der Waals surface area contributed by atoms with E-state index in [1.165, 1.54) is 6.92 Å². The van der Waals surface area contributed by atoms with Gasteiger partial charge in [-0.1, -0.05) is 18.2 Å². The number of piperazine rings is 1. The second-order valence-electron chi connectivity index (χ2n) is 6.55. The fourth-order valence-corrected chi connectivity index (χ4v) is 2.96. The van der Waals surface area contributed by atoms with Crippen molar-refractivity contribution in [3.63, 3.8) is 0 Å². The van der Waals surface area contributed by atoms with Crippen molar-refractivity contribution in [2.75, 3.05) is 31.5 Å². The molecule has 0 unspecified atom stereocenters. The molecular formula is C21H23N3O4. The summed E-state index contributed by atoms with van der Waals surface area (Å²) in [4.78, 5) is 39.1. The molecule has 1 saturated heterocycles. The fraction of sp³-hybridized carbons (Fsp3) is 0.286. The van der Waals surface area contributed by atoms with Gasteiger partial charge in [0.2, 0.25) is 17.7 Å². The molecule has 7 nitrogen and oxygen atoms in total. The Kier molecular flexibility index (Phi) is 6.26. The summed E-state index contributed by atoms with van der Waals surface area (Å²) in [5.41, 5.74) is 0.597. The van der Waals surface area contributed by atoms with E-state index < -0.39 is 0 Å². The average Bonchev–Trinajstić information content (AvgIpc) is 2.70. The monoisotopic (exact) mass is 381 g/mol. The Morgan fingerprint density at radius 2 is 1.43 bits per heavy atom. The molecule has 146 valence electrons. The summed E-state index contributed by atoms with van der Waals surface area (Å²) >= 11 is 0. The molecule has 1 heterocycles. The van der Waals surface area contributed by atoms with Crippen LogP contribution in [0.1, 0.15) is 13.3 Å². The van der Waals surface area contributed by atoms with Gasteiger partial charge in [0.05, 0.1) is 0 Å². The Bertz CT molecular complexity index is 828. The topological polar surface area (TPSA) is 79.0 Å². The number of amides is 3. The first-order valence-electron chi connectivity index (χ1n) is 9.17. The number of para-hydroxylation sites is 1. The van der Waals surface area contributed by atoms with Crippen molar-refractivity contribution in [1.29, 1.82) is 0 Å². The van der Waals surface area contributed by atoms with Crippen molar-refractivity contribution in [2.24, 2.45) is 0 Å². The number of ether oxygens (including phenoxy) is 1. The zero-order valence-corrected chi connectivity index (χ0v) is 15.8. The van der Waals surface area contributed by atoms with E-state index in [-0.39, 0.29) is 24.1 Å². The van der Waals surface area contributed by atoms with Gasteiger partial charge in [-0.2, -0.15) is 0 Å². The van der Waals surface area contributed by atoms with Gasteiger partial charge < -0.3 is 19.9 Å². The molecule has 0 aliphatic carbocycles. The van der Waals surface area contributed by atoms with Crippen molar-refractivity contribution in [2.45, 2.75) is 13.3 Å². The number of carbonyl (C=O) groups excluding carboxylic acids is 3. The first kappa shape index (κ1) is 19.4. The Balaban J connectivity index is 1.47. The van der Waals surface area contributed by atoms with Gasteiger partial charge in [0.1, 0.15) is 17.9 Å². The smallest absolute Gasteiger partial charge is 0.233 e. The van der Waals surface area contributed by atoms with Crippen LogP contribution in [0.5, 0.6) is 11.5 Å². The summed E-state index contributed by atoms with van der Waals surface area (Å²) in [6.07, 6.45) is -0.220. The Morgan fingerprint density at radius 1 is 0.857 bits per heavy atom. The maximum absolute atomic E-state index is 12.3. The van der Waals surface area contributed by atoms with Crippen LogP contribution in [0, 0.1) is 0 Å². The Labute approximate surface area is 163 Å². The van der Waals surface area contributed by atoms with Gasteiger partial charge in [-0.25, -0.2) is 0 Å². The molecule has 7 heteroatoms. The number of carbonyl (C=O) groups is 3. The third-order valence-corrected chi connectivity index (χ3v) is 4.51. The van der Waals surface area contributed by atoms with Gasteiger partial charge in [-0.15, -0.1) is 0 Å². The highest BCUT2D eigenvalue weighted by atomic mass is 16.5. The summed E-state index contributed by atoms with van der Waals surface area (Å²) in [5.74, 6) is 0.795. The van der Waals surface area contributed by atoms with Gasteiger partial charge in [-0.05, 0) is 36.4 Å². The van der Waals surface area contributed by atoms with Crippen LogP contribution in [0.2, 0.25) is 0 Å². The molecule has 0 radical (unpaired) electrons. The first-order valence-corrected chi connectivity index (χ1v) is 9.17. The number of benzene rings is 2.